The maximum Gasteiger partial charge on any atom is 0.251 e. The van der Waals surface area contributed by atoms with E-state index in [1.54, 1.807) is 25.3 Å². The summed E-state index contributed by atoms with van der Waals surface area (Å²) in [6, 6.07) is 12.9. The molecule has 0 atom stereocenters. The quantitative estimate of drug-likeness (QED) is 0.594. The molecule has 3 N–H and O–H groups in total. The van der Waals surface area contributed by atoms with Crippen molar-refractivity contribution in [1.29, 1.82) is 0 Å². The van der Waals surface area contributed by atoms with Gasteiger partial charge in [0.15, 0.2) is 0 Å². The first-order valence-corrected chi connectivity index (χ1v) is 8.98. The highest BCUT2D eigenvalue weighted by Gasteiger charge is 2.08. The van der Waals surface area contributed by atoms with Crippen molar-refractivity contribution >= 4 is 23.2 Å². The summed E-state index contributed by atoms with van der Waals surface area (Å²) in [5, 5.41) is 8.81. The molecule has 0 fully saturated rings. The number of hydrogen-bond acceptors (Lipinski definition) is 4. The molecule has 6 heteroatoms. The van der Waals surface area contributed by atoms with Gasteiger partial charge in [-0.05, 0) is 55.7 Å². The molecule has 6 nitrogen and oxygen atoms in total. The summed E-state index contributed by atoms with van der Waals surface area (Å²) in [5.74, 6) is -0.285. The molecule has 0 saturated heterocycles. The number of ether oxygens (including phenoxy) is 1. The van der Waals surface area contributed by atoms with Crippen molar-refractivity contribution < 1.29 is 14.3 Å². The number of hydrogen-bond donors (Lipinski definition) is 3. The summed E-state index contributed by atoms with van der Waals surface area (Å²) in [4.78, 5) is 24.4. The zero-order valence-corrected chi connectivity index (χ0v) is 16.1. The van der Waals surface area contributed by atoms with Crippen LogP contribution in [0.2, 0.25) is 0 Å². The molecule has 0 aliphatic carbocycles. The second-order valence-corrected chi connectivity index (χ2v) is 6.33. The number of carbonyl (C=O) groups excluding carboxylic acids is 2. The average Bonchev–Trinajstić information content (AvgIpc) is 2.67. The van der Waals surface area contributed by atoms with Crippen LogP contribution in [0.3, 0.4) is 0 Å². The van der Waals surface area contributed by atoms with Gasteiger partial charge < -0.3 is 20.7 Å². The van der Waals surface area contributed by atoms with Gasteiger partial charge in [-0.3, -0.25) is 9.59 Å². The number of nitrogens with one attached hydrogen (secondary N) is 3. The van der Waals surface area contributed by atoms with Crippen LogP contribution in [0.15, 0.2) is 42.5 Å². The summed E-state index contributed by atoms with van der Waals surface area (Å²) in [7, 11) is 1.63. The molecular formula is C21H27N3O3. The third-order valence-corrected chi connectivity index (χ3v) is 4.27. The summed E-state index contributed by atoms with van der Waals surface area (Å²) in [6.45, 7) is 5.27. The lowest BCUT2D eigenvalue weighted by atomic mass is 10.1. The third-order valence-electron chi connectivity index (χ3n) is 4.27. The van der Waals surface area contributed by atoms with Gasteiger partial charge in [0, 0.05) is 37.2 Å². The molecule has 0 aromatic heterocycles. The van der Waals surface area contributed by atoms with Crippen LogP contribution in [0.4, 0.5) is 11.4 Å². The fourth-order valence-corrected chi connectivity index (χ4v) is 2.55. The van der Waals surface area contributed by atoms with Crippen LogP contribution in [0, 0.1) is 13.8 Å². The Hall–Kier alpha value is -2.86. The van der Waals surface area contributed by atoms with E-state index in [2.05, 4.69) is 16.0 Å². The van der Waals surface area contributed by atoms with Crippen molar-refractivity contribution in [3.63, 3.8) is 0 Å². The molecule has 0 spiro atoms. The fourth-order valence-electron chi connectivity index (χ4n) is 2.55. The summed E-state index contributed by atoms with van der Waals surface area (Å²) >= 11 is 0. The number of carbonyl (C=O) groups is 2. The van der Waals surface area contributed by atoms with E-state index in [9.17, 15) is 9.59 Å². The van der Waals surface area contributed by atoms with E-state index in [4.69, 9.17) is 4.74 Å². The van der Waals surface area contributed by atoms with E-state index >= 15 is 0 Å². The first kappa shape index (κ1) is 20.5. The predicted octanol–water partition coefficient (Wildman–Crippen LogP) is 3.12. The van der Waals surface area contributed by atoms with Gasteiger partial charge in [-0.1, -0.05) is 18.2 Å². The SMILES string of the molecule is COCCCNC(=O)c1cccc(NCC(=O)Nc2cccc(C)c2C)c1. The van der Waals surface area contributed by atoms with Crippen LogP contribution in [-0.4, -0.2) is 38.6 Å². The summed E-state index contributed by atoms with van der Waals surface area (Å²) in [6.07, 6.45) is 0.763. The minimum absolute atomic E-state index is 0.117. The molecule has 0 aliphatic rings. The molecule has 0 radical (unpaired) electrons. The maximum absolute atomic E-state index is 12.2. The van der Waals surface area contributed by atoms with Crippen LogP contribution in [0.5, 0.6) is 0 Å². The number of methoxy groups -OCH3 is 1. The smallest absolute Gasteiger partial charge is 0.251 e. The first-order chi connectivity index (χ1) is 13.0. The molecule has 0 unspecified atom stereocenters. The molecule has 2 amide bonds. The number of amides is 2. The van der Waals surface area contributed by atoms with Crippen molar-refractivity contribution in [2.45, 2.75) is 20.3 Å². The minimum atomic E-state index is -0.144. The van der Waals surface area contributed by atoms with Gasteiger partial charge in [0.1, 0.15) is 0 Å². The van der Waals surface area contributed by atoms with E-state index in [1.165, 1.54) is 0 Å². The fraction of sp³-hybridized carbons (Fsp3) is 0.333. The molecule has 2 aromatic rings. The summed E-state index contributed by atoms with van der Waals surface area (Å²) < 4.78 is 4.96. The van der Waals surface area contributed by atoms with Gasteiger partial charge in [-0.15, -0.1) is 0 Å². The van der Waals surface area contributed by atoms with E-state index < -0.39 is 0 Å². The van der Waals surface area contributed by atoms with E-state index in [0.717, 1.165) is 28.9 Å². The Kier molecular flexibility index (Phi) is 7.82. The van der Waals surface area contributed by atoms with Crippen LogP contribution < -0.4 is 16.0 Å². The lowest BCUT2D eigenvalue weighted by Gasteiger charge is -2.12. The Morgan fingerprint density at radius 1 is 1.07 bits per heavy atom. The van der Waals surface area contributed by atoms with Crippen molar-refractivity contribution in [1.82, 2.24) is 5.32 Å². The van der Waals surface area contributed by atoms with Crippen LogP contribution >= 0.6 is 0 Å². The number of rotatable bonds is 9. The molecule has 2 rings (SSSR count). The Labute approximate surface area is 160 Å². The van der Waals surface area contributed by atoms with Crippen LogP contribution in [-0.2, 0) is 9.53 Å². The van der Waals surface area contributed by atoms with E-state index in [1.807, 2.05) is 38.1 Å². The van der Waals surface area contributed by atoms with Crippen molar-refractivity contribution in [2.24, 2.45) is 0 Å². The Morgan fingerprint density at radius 3 is 2.63 bits per heavy atom. The lowest BCUT2D eigenvalue weighted by Crippen LogP contribution is -2.25. The van der Waals surface area contributed by atoms with E-state index in [-0.39, 0.29) is 18.4 Å². The van der Waals surface area contributed by atoms with Gasteiger partial charge in [-0.2, -0.15) is 0 Å². The number of benzene rings is 2. The zero-order chi connectivity index (χ0) is 19.6. The van der Waals surface area contributed by atoms with Gasteiger partial charge in [-0.25, -0.2) is 0 Å². The maximum atomic E-state index is 12.2. The lowest BCUT2D eigenvalue weighted by molar-refractivity contribution is -0.114. The van der Waals surface area contributed by atoms with Crippen LogP contribution in [0.1, 0.15) is 27.9 Å². The molecule has 0 heterocycles. The second kappa shape index (κ2) is 10.3. The molecule has 0 bridgehead atoms. The number of aryl methyl sites for hydroxylation is 1. The summed E-state index contributed by atoms with van der Waals surface area (Å²) in [5.41, 5.74) is 4.26. The highest BCUT2D eigenvalue weighted by Crippen LogP contribution is 2.18. The highest BCUT2D eigenvalue weighted by atomic mass is 16.5. The molecular weight excluding hydrogens is 342 g/mol. The normalized spacial score (nSPS) is 10.3. The highest BCUT2D eigenvalue weighted by molar-refractivity contribution is 5.96. The van der Waals surface area contributed by atoms with Crippen LogP contribution in [0.25, 0.3) is 0 Å². The first-order valence-electron chi connectivity index (χ1n) is 8.98. The number of anilines is 2. The third kappa shape index (κ3) is 6.42. The Balaban J connectivity index is 1.87. The Morgan fingerprint density at radius 2 is 1.85 bits per heavy atom. The van der Waals surface area contributed by atoms with Crippen molar-refractivity contribution in [3.05, 3.63) is 59.2 Å². The monoisotopic (exact) mass is 369 g/mol. The standard InChI is InChI=1S/C21H27N3O3/c1-15-7-4-10-19(16(15)2)24-20(25)14-23-18-9-5-8-17(13-18)21(26)22-11-6-12-27-3/h4-5,7-10,13,23H,6,11-12,14H2,1-3H3,(H,22,26)(H,24,25). The van der Waals surface area contributed by atoms with E-state index in [0.29, 0.717) is 18.7 Å². The molecule has 0 aliphatic heterocycles. The van der Waals surface area contributed by atoms with Crippen molar-refractivity contribution in [2.75, 3.05) is 37.4 Å². The second-order valence-electron chi connectivity index (χ2n) is 6.33. The average molecular weight is 369 g/mol. The predicted molar refractivity (Wildman–Crippen MR) is 108 cm³/mol. The van der Waals surface area contributed by atoms with Crippen molar-refractivity contribution in [3.8, 4) is 0 Å². The van der Waals surface area contributed by atoms with Gasteiger partial charge in [0.25, 0.3) is 5.91 Å². The van der Waals surface area contributed by atoms with Gasteiger partial charge >= 0.3 is 0 Å². The largest absolute Gasteiger partial charge is 0.385 e. The molecule has 27 heavy (non-hydrogen) atoms. The minimum Gasteiger partial charge on any atom is -0.385 e. The zero-order valence-electron chi connectivity index (χ0n) is 16.1. The van der Waals surface area contributed by atoms with Gasteiger partial charge in [0.05, 0.1) is 6.54 Å². The molecule has 2 aromatic carbocycles. The molecule has 0 saturated carbocycles. The topological polar surface area (TPSA) is 79.5 Å². The molecule has 144 valence electrons. The van der Waals surface area contributed by atoms with Gasteiger partial charge in [0.2, 0.25) is 5.91 Å². The Bertz CT molecular complexity index is 790.